The van der Waals surface area contributed by atoms with E-state index in [-0.39, 0.29) is 5.92 Å². The van der Waals surface area contributed by atoms with Gasteiger partial charge in [0.15, 0.2) is 11.7 Å². The monoisotopic (exact) mass is 368 g/mol. The van der Waals surface area contributed by atoms with Gasteiger partial charge in [0.25, 0.3) is 0 Å². The van der Waals surface area contributed by atoms with Crippen molar-refractivity contribution in [3.8, 4) is 0 Å². The molecule has 0 radical (unpaired) electrons. The molecule has 0 nitrogen and oxygen atoms in total. The first-order valence-corrected chi connectivity index (χ1v) is 10.9. The third-order valence-corrected chi connectivity index (χ3v) is 7.58. The van der Waals surface area contributed by atoms with Gasteiger partial charge in [0.2, 0.25) is 0 Å². The average molecular weight is 369 g/mol. The highest BCUT2D eigenvalue weighted by Gasteiger charge is 2.47. The van der Waals surface area contributed by atoms with Crippen molar-refractivity contribution < 1.29 is 13.2 Å². The van der Waals surface area contributed by atoms with Crippen LogP contribution < -0.4 is 0 Å². The van der Waals surface area contributed by atoms with Gasteiger partial charge in [-0.1, -0.05) is 39.5 Å². The normalized spacial score (nSPS) is 41.5. The molecule has 0 aliphatic heterocycles. The van der Waals surface area contributed by atoms with Crippen LogP contribution in [0.25, 0.3) is 0 Å². The fraction of sp³-hybridized carbons (Fsp3) is 0.826. The van der Waals surface area contributed by atoms with E-state index in [1.54, 1.807) is 0 Å². The highest BCUT2D eigenvalue weighted by molar-refractivity contribution is 5.32. The molecule has 3 aliphatic rings. The van der Waals surface area contributed by atoms with Gasteiger partial charge >= 0.3 is 0 Å². The molecule has 0 bridgehead atoms. The van der Waals surface area contributed by atoms with Gasteiger partial charge in [-0.3, -0.25) is 0 Å². The van der Waals surface area contributed by atoms with Crippen LogP contribution in [0.1, 0.15) is 84.5 Å². The predicted molar refractivity (Wildman–Crippen MR) is 102 cm³/mol. The Morgan fingerprint density at radius 3 is 2.00 bits per heavy atom. The summed E-state index contributed by atoms with van der Waals surface area (Å²) in [7, 11) is 0. The van der Waals surface area contributed by atoms with E-state index in [1.807, 2.05) is 6.92 Å². The van der Waals surface area contributed by atoms with Crippen LogP contribution in [0.15, 0.2) is 23.8 Å². The first kappa shape index (κ1) is 20.0. The first-order valence-electron chi connectivity index (χ1n) is 10.9. The van der Waals surface area contributed by atoms with Crippen LogP contribution in [0.3, 0.4) is 0 Å². The Labute approximate surface area is 157 Å². The minimum absolute atomic E-state index is 0.171. The van der Waals surface area contributed by atoms with Crippen molar-refractivity contribution in [3.63, 3.8) is 0 Å². The molecule has 3 heteroatoms. The number of alkyl halides is 1. The van der Waals surface area contributed by atoms with Gasteiger partial charge in [0.1, 0.15) is 5.67 Å². The lowest BCUT2D eigenvalue weighted by molar-refractivity contribution is 0.0318. The molecule has 3 rings (SSSR count). The van der Waals surface area contributed by atoms with E-state index < -0.39 is 23.2 Å². The molecule has 148 valence electrons. The smallest absolute Gasteiger partial charge is 0.157 e. The van der Waals surface area contributed by atoms with Crippen LogP contribution in [0.5, 0.6) is 0 Å². The molecule has 0 heterocycles. The summed E-state index contributed by atoms with van der Waals surface area (Å²) in [5.74, 6) is -0.164. The third kappa shape index (κ3) is 4.07. The van der Waals surface area contributed by atoms with Crippen molar-refractivity contribution in [1.29, 1.82) is 0 Å². The maximum absolute atomic E-state index is 15.7. The zero-order valence-corrected chi connectivity index (χ0v) is 16.5. The molecule has 2 unspecified atom stereocenters. The summed E-state index contributed by atoms with van der Waals surface area (Å²) in [5, 5.41) is 0. The van der Waals surface area contributed by atoms with E-state index in [4.69, 9.17) is 0 Å². The van der Waals surface area contributed by atoms with E-state index in [1.165, 1.54) is 44.6 Å². The molecule has 2 fully saturated rings. The fourth-order valence-electron chi connectivity index (χ4n) is 6.00. The number of halogens is 3. The zero-order chi connectivity index (χ0) is 18.7. The summed E-state index contributed by atoms with van der Waals surface area (Å²) >= 11 is 0. The number of hydrogen-bond acceptors (Lipinski definition) is 0. The molecule has 0 aromatic heterocycles. The van der Waals surface area contributed by atoms with Gasteiger partial charge in [-0.15, -0.1) is 0 Å². The van der Waals surface area contributed by atoms with Crippen LogP contribution in [0, 0.1) is 29.6 Å². The average Bonchev–Trinajstić information content (AvgIpc) is 2.66. The quantitative estimate of drug-likeness (QED) is 0.463. The Morgan fingerprint density at radius 1 is 0.885 bits per heavy atom. The number of rotatable bonds is 5. The van der Waals surface area contributed by atoms with Crippen LogP contribution >= 0.6 is 0 Å². The van der Waals surface area contributed by atoms with Gasteiger partial charge in [-0.05, 0) is 80.8 Å². The Bertz CT molecular complexity index is 522. The summed E-state index contributed by atoms with van der Waals surface area (Å²) in [6, 6.07) is 0. The molecule has 0 amide bonds. The van der Waals surface area contributed by atoms with Crippen molar-refractivity contribution in [2.24, 2.45) is 29.6 Å². The SMILES string of the molecule is CCC[C@H]1CC[C@H](C2CCC(C3(F)C=C(F)C(F)=CC3CC)CC2)CC1. The maximum Gasteiger partial charge on any atom is 0.157 e. The molecular formula is C23H35F3. The largest absolute Gasteiger partial charge is 0.238 e. The van der Waals surface area contributed by atoms with Gasteiger partial charge in [-0.25, -0.2) is 13.2 Å². The number of allylic oxidation sites excluding steroid dienone is 4. The molecule has 0 spiro atoms. The summed E-state index contributed by atoms with van der Waals surface area (Å²) in [6.45, 7) is 4.13. The van der Waals surface area contributed by atoms with E-state index >= 15 is 4.39 Å². The van der Waals surface area contributed by atoms with Crippen LogP contribution in [-0.2, 0) is 0 Å². The first-order chi connectivity index (χ1) is 12.5. The summed E-state index contributed by atoms with van der Waals surface area (Å²) in [5.41, 5.74) is -1.71. The maximum atomic E-state index is 15.7. The molecule has 2 saturated carbocycles. The summed E-state index contributed by atoms with van der Waals surface area (Å²) in [6.07, 6.45) is 14.4. The summed E-state index contributed by atoms with van der Waals surface area (Å²) in [4.78, 5) is 0. The zero-order valence-electron chi connectivity index (χ0n) is 16.5. The molecule has 0 N–H and O–H groups in total. The van der Waals surface area contributed by atoms with Crippen molar-refractivity contribution in [2.75, 3.05) is 0 Å². The van der Waals surface area contributed by atoms with Gasteiger partial charge < -0.3 is 0 Å². The molecule has 0 aromatic carbocycles. The lowest BCUT2D eigenvalue weighted by atomic mass is 9.63. The second-order valence-electron chi connectivity index (χ2n) is 9.03. The molecule has 0 aromatic rings. The standard InChI is InChI=1S/C23H35F3/c1-3-5-16-6-8-17(9-7-16)18-10-12-20(13-11-18)23(26)15-22(25)21(24)14-19(23)4-2/h14-20H,3-13H2,1-2H3/t16-,17-,18?,19?,20?,23?. The van der Waals surface area contributed by atoms with Crippen LogP contribution in [-0.4, -0.2) is 5.67 Å². The molecule has 3 aliphatic carbocycles. The molecule has 26 heavy (non-hydrogen) atoms. The van der Waals surface area contributed by atoms with Crippen molar-refractivity contribution in [1.82, 2.24) is 0 Å². The van der Waals surface area contributed by atoms with Gasteiger partial charge in [-0.2, -0.15) is 0 Å². The number of hydrogen-bond donors (Lipinski definition) is 0. The van der Waals surface area contributed by atoms with Gasteiger partial charge in [0.05, 0.1) is 0 Å². The second-order valence-corrected chi connectivity index (χ2v) is 9.03. The highest BCUT2D eigenvalue weighted by Crippen LogP contribution is 2.50. The molecular weight excluding hydrogens is 333 g/mol. The molecule has 2 atom stereocenters. The Morgan fingerprint density at radius 2 is 1.46 bits per heavy atom. The Kier molecular flexibility index (Phi) is 6.56. The lowest BCUT2D eigenvalue weighted by Gasteiger charge is -2.44. The Balaban J connectivity index is 1.57. The van der Waals surface area contributed by atoms with E-state index in [0.717, 1.165) is 43.6 Å². The summed E-state index contributed by atoms with van der Waals surface area (Å²) < 4.78 is 43.1. The topological polar surface area (TPSA) is 0 Å². The van der Waals surface area contributed by atoms with E-state index in [9.17, 15) is 8.78 Å². The minimum Gasteiger partial charge on any atom is -0.238 e. The van der Waals surface area contributed by atoms with Gasteiger partial charge in [0, 0.05) is 5.92 Å². The van der Waals surface area contributed by atoms with Crippen molar-refractivity contribution in [2.45, 2.75) is 90.1 Å². The van der Waals surface area contributed by atoms with Crippen molar-refractivity contribution in [3.05, 3.63) is 23.8 Å². The fourth-order valence-corrected chi connectivity index (χ4v) is 6.00. The lowest BCUT2D eigenvalue weighted by Crippen LogP contribution is -2.42. The molecule has 0 saturated heterocycles. The predicted octanol–water partition coefficient (Wildman–Crippen LogP) is 7.85. The minimum atomic E-state index is -1.71. The van der Waals surface area contributed by atoms with Crippen LogP contribution in [0.4, 0.5) is 13.2 Å². The van der Waals surface area contributed by atoms with E-state index in [2.05, 4.69) is 6.92 Å². The van der Waals surface area contributed by atoms with Crippen molar-refractivity contribution >= 4 is 0 Å². The highest BCUT2D eigenvalue weighted by atomic mass is 19.2. The van der Waals surface area contributed by atoms with E-state index in [0.29, 0.717) is 12.3 Å². The Hall–Kier alpha value is -0.730. The second kappa shape index (κ2) is 8.52. The van der Waals surface area contributed by atoms with Crippen LogP contribution in [0.2, 0.25) is 0 Å². The third-order valence-electron chi connectivity index (χ3n) is 7.58.